The molecule has 3 rings (SSSR count). The smallest absolute Gasteiger partial charge is 0.106 e. The van der Waals surface area contributed by atoms with Crippen molar-refractivity contribution in [1.29, 1.82) is 0 Å². The Kier molecular flexibility index (Phi) is 3.33. The van der Waals surface area contributed by atoms with Crippen LogP contribution in [0.1, 0.15) is 17.5 Å². The van der Waals surface area contributed by atoms with E-state index in [4.69, 9.17) is 11.6 Å². The molecule has 1 aliphatic rings. The number of halogens is 1. The van der Waals surface area contributed by atoms with Crippen molar-refractivity contribution in [3.8, 4) is 0 Å². The molecule has 0 spiro atoms. The van der Waals surface area contributed by atoms with Crippen LogP contribution in [-0.4, -0.2) is 20.8 Å². The fraction of sp³-hybridized carbons (Fsp3) is 0.308. The molecule has 1 aromatic carbocycles. The Morgan fingerprint density at radius 1 is 1.50 bits per heavy atom. The van der Waals surface area contributed by atoms with Gasteiger partial charge in [0.25, 0.3) is 0 Å². The molecule has 18 heavy (non-hydrogen) atoms. The molecule has 0 amide bonds. The summed E-state index contributed by atoms with van der Waals surface area (Å²) in [6, 6.07) is 5.71. The average Bonchev–Trinajstić information content (AvgIpc) is 2.86. The molecular weight excluding hydrogens is 268 g/mol. The summed E-state index contributed by atoms with van der Waals surface area (Å²) in [5, 5.41) is 11.2. The Morgan fingerprint density at radius 2 is 2.39 bits per heavy atom. The monoisotopic (exact) mass is 280 g/mol. The minimum Gasteiger partial charge on any atom is -0.388 e. The van der Waals surface area contributed by atoms with Gasteiger partial charge in [0.2, 0.25) is 0 Å². The quantitative estimate of drug-likeness (QED) is 0.889. The second kappa shape index (κ2) is 4.96. The summed E-state index contributed by atoms with van der Waals surface area (Å²) < 4.78 is 0. The van der Waals surface area contributed by atoms with Gasteiger partial charge in [0.15, 0.2) is 0 Å². The Labute approximate surface area is 115 Å². The van der Waals surface area contributed by atoms with E-state index in [1.807, 2.05) is 24.4 Å². The van der Waals surface area contributed by atoms with Crippen LogP contribution in [0, 0.1) is 5.92 Å². The highest BCUT2D eigenvalue weighted by molar-refractivity contribution is 7.99. The van der Waals surface area contributed by atoms with Gasteiger partial charge in [-0.25, -0.2) is 4.98 Å². The van der Waals surface area contributed by atoms with E-state index in [1.54, 1.807) is 18.0 Å². The third-order valence-electron chi connectivity index (χ3n) is 3.21. The fourth-order valence-corrected chi connectivity index (χ4v) is 3.86. The van der Waals surface area contributed by atoms with E-state index in [0.717, 1.165) is 33.5 Å². The number of thioether (sulfide) groups is 1. The largest absolute Gasteiger partial charge is 0.388 e. The number of aliphatic hydroxyl groups is 1. The summed E-state index contributed by atoms with van der Waals surface area (Å²) in [6.45, 7) is 0. The number of hydrogen-bond donors (Lipinski definition) is 2. The lowest BCUT2D eigenvalue weighted by atomic mass is 9.93. The molecule has 1 aliphatic heterocycles. The maximum absolute atomic E-state index is 10.4. The van der Waals surface area contributed by atoms with Crippen molar-refractivity contribution in [2.24, 2.45) is 5.92 Å². The number of rotatable bonds is 2. The van der Waals surface area contributed by atoms with Crippen LogP contribution in [0.15, 0.2) is 35.5 Å². The van der Waals surface area contributed by atoms with Crippen molar-refractivity contribution >= 4 is 23.4 Å². The van der Waals surface area contributed by atoms with Gasteiger partial charge < -0.3 is 10.1 Å². The van der Waals surface area contributed by atoms with E-state index in [2.05, 4.69) is 9.97 Å². The first kappa shape index (κ1) is 12.1. The Hall–Kier alpha value is -0.970. The lowest BCUT2D eigenvalue weighted by Gasteiger charge is -2.29. The second-order valence-electron chi connectivity index (χ2n) is 4.41. The standard InChI is InChI=1S/C13H13ClN2OS/c14-10-3-1-2-9-12(17)8(7-18-13(9)10)6-11-15-4-5-16-11/h1-5,8,12,17H,6-7H2,(H,15,16)/t8-,12+/m1/s1. The van der Waals surface area contributed by atoms with Gasteiger partial charge >= 0.3 is 0 Å². The molecular formula is C13H13ClN2OS. The summed E-state index contributed by atoms with van der Waals surface area (Å²) >= 11 is 7.86. The molecule has 1 aromatic heterocycles. The van der Waals surface area contributed by atoms with Crippen LogP contribution >= 0.6 is 23.4 Å². The van der Waals surface area contributed by atoms with Crippen LogP contribution in [0.25, 0.3) is 0 Å². The Bertz CT molecular complexity index is 544. The van der Waals surface area contributed by atoms with E-state index in [-0.39, 0.29) is 5.92 Å². The fourth-order valence-electron chi connectivity index (χ4n) is 2.27. The molecule has 0 radical (unpaired) electrons. The zero-order valence-corrected chi connectivity index (χ0v) is 11.2. The van der Waals surface area contributed by atoms with Crippen LogP contribution in [0.5, 0.6) is 0 Å². The minimum atomic E-state index is -0.468. The van der Waals surface area contributed by atoms with Gasteiger partial charge in [0, 0.05) is 35.4 Å². The molecule has 3 nitrogen and oxygen atoms in total. The first-order chi connectivity index (χ1) is 8.75. The number of benzene rings is 1. The van der Waals surface area contributed by atoms with Crippen molar-refractivity contribution in [1.82, 2.24) is 9.97 Å². The number of aromatic nitrogens is 2. The molecule has 0 saturated carbocycles. The predicted octanol–water partition coefficient (Wildman–Crippen LogP) is 3.06. The molecule has 0 bridgehead atoms. The van der Waals surface area contributed by atoms with E-state index >= 15 is 0 Å². The van der Waals surface area contributed by atoms with Crippen LogP contribution in [0.3, 0.4) is 0 Å². The third-order valence-corrected chi connectivity index (χ3v) is 4.98. The highest BCUT2D eigenvalue weighted by atomic mass is 35.5. The number of fused-ring (bicyclic) bond motifs is 1. The van der Waals surface area contributed by atoms with Crippen molar-refractivity contribution in [3.05, 3.63) is 47.0 Å². The topological polar surface area (TPSA) is 48.9 Å². The average molecular weight is 281 g/mol. The second-order valence-corrected chi connectivity index (χ2v) is 5.85. The molecule has 94 valence electrons. The summed E-state index contributed by atoms with van der Waals surface area (Å²) in [5.74, 6) is 1.95. The zero-order valence-electron chi connectivity index (χ0n) is 9.64. The number of nitrogens with zero attached hydrogens (tertiary/aromatic N) is 1. The Balaban J connectivity index is 1.85. The van der Waals surface area contributed by atoms with Crippen LogP contribution in [0.4, 0.5) is 0 Å². The number of nitrogens with one attached hydrogen (secondary N) is 1. The van der Waals surface area contributed by atoms with E-state index in [0.29, 0.717) is 0 Å². The summed E-state index contributed by atoms with van der Waals surface area (Å²) in [5.41, 5.74) is 0.940. The van der Waals surface area contributed by atoms with Gasteiger partial charge in [-0.1, -0.05) is 23.7 Å². The van der Waals surface area contributed by atoms with Gasteiger partial charge in [0.05, 0.1) is 11.1 Å². The van der Waals surface area contributed by atoms with Gasteiger partial charge in [-0.2, -0.15) is 0 Å². The van der Waals surface area contributed by atoms with Crippen LogP contribution in [-0.2, 0) is 6.42 Å². The van der Waals surface area contributed by atoms with E-state index in [9.17, 15) is 5.11 Å². The van der Waals surface area contributed by atoms with Crippen molar-refractivity contribution in [3.63, 3.8) is 0 Å². The number of H-pyrrole nitrogens is 1. The van der Waals surface area contributed by atoms with Gasteiger partial charge in [-0.3, -0.25) is 0 Å². The molecule has 0 unspecified atom stereocenters. The lowest BCUT2D eigenvalue weighted by Crippen LogP contribution is -2.22. The van der Waals surface area contributed by atoms with Crippen LogP contribution < -0.4 is 0 Å². The van der Waals surface area contributed by atoms with Crippen molar-refractivity contribution < 1.29 is 5.11 Å². The molecule has 2 heterocycles. The Morgan fingerprint density at radius 3 is 3.17 bits per heavy atom. The van der Waals surface area contributed by atoms with Crippen LogP contribution in [0.2, 0.25) is 5.02 Å². The minimum absolute atomic E-state index is 0.173. The number of aliphatic hydroxyl groups excluding tert-OH is 1. The molecule has 2 N–H and O–H groups in total. The summed E-state index contributed by atoms with van der Waals surface area (Å²) in [6.07, 6.45) is 3.84. The van der Waals surface area contributed by atoms with Gasteiger partial charge in [0.1, 0.15) is 5.82 Å². The SMILES string of the molecule is O[C@@H]1c2cccc(Cl)c2SC[C@H]1Cc1ncc[nH]1. The molecule has 0 fully saturated rings. The predicted molar refractivity (Wildman–Crippen MR) is 72.9 cm³/mol. The molecule has 0 aliphatic carbocycles. The molecule has 2 aromatic rings. The highest BCUT2D eigenvalue weighted by Gasteiger charge is 2.30. The van der Waals surface area contributed by atoms with Gasteiger partial charge in [-0.05, 0) is 11.6 Å². The number of aromatic amines is 1. The molecule has 5 heteroatoms. The summed E-state index contributed by atoms with van der Waals surface area (Å²) in [7, 11) is 0. The maximum atomic E-state index is 10.4. The van der Waals surface area contributed by atoms with Crippen molar-refractivity contribution in [2.75, 3.05) is 5.75 Å². The lowest BCUT2D eigenvalue weighted by molar-refractivity contribution is 0.114. The first-order valence-electron chi connectivity index (χ1n) is 5.83. The molecule has 0 saturated heterocycles. The zero-order chi connectivity index (χ0) is 12.5. The number of imidazole rings is 1. The van der Waals surface area contributed by atoms with Gasteiger partial charge in [-0.15, -0.1) is 11.8 Å². The van der Waals surface area contributed by atoms with E-state index in [1.165, 1.54) is 0 Å². The first-order valence-corrected chi connectivity index (χ1v) is 7.19. The third kappa shape index (κ3) is 2.16. The van der Waals surface area contributed by atoms with Crippen molar-refractivity contribution in [2.45, 2.75) is 17.4 Å². The highest BCUT2D eigenvalue weighted by Crippen LogP contribution is 2.43. The number of hydrogen-bond acceptors (Lipinski definition) is 3. The summed E-state index contributed by atoms with van der Waals surface area (Å²) in [4.78, 5) is 8.32. The normalized spacial score (nSPS) is 22.8. The maximum Gasteiger partial charge on any atom is 0.106 e. The van der Waals surface area contributed by atoms with E-state index < -0.39 is 6.10 Å². The molecule has 2 atom stereocenters.